The second kappa shape index (κ2) is 2.95. The van der Waals surface area contributed by atoms with Gasteiger partial charge in [-0.15, -0.1) is 0 Å². The Bertz CT molecular complexity index is 378. The minimum absolute atomic E-state index is 0.814. The zero-order valence-electron chi connectivity index (χ0n) is 6.96. The number of hydrogen-bond acceptors (Lipinski definition) is 2. The Balaban J connectivity index is 2.46. The van der Waals surface area contributed by atoms with Crippen molar-refractivity contribution < 1.29 is 0 Å². The molecule has 2 N–H and O–H groups in total. The lowest BCUT2D eigenvalue weighted by Gasteiger charge is -1.97. The van der Waals surface area contributed by atoms with Crippen molar-refractivity contribution in [3.8, 4) is 0 Å². The maximum Gasteiger partial charge on any atom is 0.137 e. The molecule has 3 nitrogen and oxygen atoms in total. The highest BCUT2D eigenvalue weighted by atomic mass is 14.9. The van der Waals surface area contributed by atoms with Crippen LogP contribution in [0.15, 0.2) is 24.4 Å². The molecular weight excluding hydrogens is 150 g/mol. The molecule has 0 saturated heterocycles. The molecule has 0 spiro atoms. The van der Waals surface area contributed by atoms with Crippen LogP contribution in [-0.4, -0.2) is 17.0 Å². The van der Waals surface area contributed by atoms with Crippen molar-refractivity contribution in [3.05, 3.63) is 30.1 Å². The molecule has 0 aliphatic heterocycles. The second-order valence-corrected chi connectivity index (χ2v) is 2.75. The number of nitrogens with zero attached hydrogens (tertiary/aromatic N) is 1. The lowest BCUT2D eigenvalue weighted by Crippen LogP contribution is -2.06. The quantitative estimate of drug-likeness (QED) is 0.696. The summed E-state index contributed by atoms with van der Waals surface area (Å²) in [5.41, 5.74) is 2.02. The minimum Gasteiger partial charge on any atom is -0.346 e. The predicted molar refractivity (Wildman–Crippen MR) is 48.9 cm³/mol. The Morgan fingerprint density at radius 3 is 3.17 bits per heavy atom. The molecule has 62 valence electrons. The molecular formula is C9H11N3. The first kappa shape index (κ1) is 7.31. The zero-order valence-corrected chi connectivity index (χ0v) is 6.96. The van der Waals surface area contributed by atoms with Crippen LogP contribution >= 0.6 is 0 Å². The van der Waals surface area contributed by atoms with E-state index in [1.54, 1.807) is 0 Å². The molecule has 0 unspecified atom stereocenters. The standard InChI is InChI=1S/C9H11N3/c1-10-6-8-3-2-7-4-5-11-9(7)12-8/h2-5,10H,6H2,1H3,(H,11,12). The van der Waals surface area contributed by atoms with Crippen molar-refractivity contribution in [3.63, 3.8) is 0 Å². The molecule has 3 heteroatoms. The smallest absolute Gasteiger partial charge is 0.137 e. The molecule has 0 radical (unpaired) electrons. The molecule has 0 fully saturated rings. The summed E-state index contributed by atoms with van der Waals surface area (Å²) >= 11 is 0. The molecule has 2 heterocycles. The van der Waals surface area contributed by atoms with Gasteiger partial charge in [0.2, 0.25) is 0 Å². The second-order valence-electron chi connectivity index (χ2n) is 2.75. The molecule has 0 atom stereocenters. The lowest BCUT2D eigenvalue weighted by atomic mass is 10.3. The average Bonchev–Trinajstić information content (AvgIpc) is 2.51. The number of nitrogens with one attached hydrogen (secondary N) is 2. The highest BCUT2D eigenvalue weighted by Crippen LogP contribution is 2.09. The molecule has 0 aliphatic rings. The molecule has 0 saturated carbocycles. The van der Waals surface area contributed by atoms with E-state index in [9.17, 15) is 0 Å². The van der Waals surface area contributed by atoms with E-state index in [4.69, 9.17) is 0 Å². The molecule has 0 aliphatic carbocycles. The summed E-state index contributed by atoms with van der Waals surface area (Å²) in [6.45, 7) is 0.814. The Morgan fingerprint density at radius 2 is 2.33 bits per heavy atom. The first-order chi connectivity index (χ1) is 5.90. The monoisotopic (exact) mass is 161 g/mol. The normalized spacial score (nSPS) is 10.8. The molecule has 2 rings (SSSR count). The van der Waals surface area contributed by atoms with Crippen LogP contribution in [0.1, 0.15) is 5.69 Å². The van der Waals surface area contributed by atoms with Crippen molar-refractivity contribution in [1.29, 1.82) is 0 Å². The lowest BCUT2D eigenvalue weighted by molar-refractivity contribution is 0.795. The van der Waals surface area contributed by atoms with Crippen molar-refractivity contribution in [1.82, 2.24) is 15.3 Å². The number of fused-ring (bicyclic) bond motifs is 1. The molecule has 2 aromatic rings. The van der Waals surface area contributed by atoms with Crippen LogP contribution in [0.4, 0.5) is 0 Å². The first-order valence-corrected chi connectivity index (χ1v) is 3.98. The number of aromatic nitrogens is 2. The fourth-order valence-electron chi connectivity index (χ4n) is 1.25. The number of pyridine rings is 1. The Morgan fingerprint density at radius 1 is 1.42 bits per heavy atom. The van der Waals surface area contributed by atoms with Gasteiger partial charge in [-0.3, -0.25) is 0 Å². The van der Waals surface area contributed by atoms with Gasteiger partial charge in [-0.05, 0) is 25.2 Å². The van der Waals surface area contributed by atoms with Crippen LogP contribution in [-0.2, 0) is 6.54 Å². The van der Waals surface area contributed by atoms with Crippen molar-refractivity contribution in [2.24, 2.45) is 0 Å². The third-order valence-corrected chi connectivity index (χ3v) is 1.82. The largest absolute Gasteiger partial charge is 0.346 e. The maximum absolute atomic E-state index is 4.41. The Kier molecular flexibility index (Phi) is 1.80. The van der Waals surface area contributed by atoms with E-state index in [1.165, 1.54) is 0 Å². The third-order valence-electron chi connectivity index (χ3n) is 1.82. The summed E-state index contributed by atoms with van der Waals surface area (Å²) in [6.07, 6.45) is 1.90. The highest BCUT2D eigenvalue weighted by Gasteiger charge is 1.96. The summed E-state index contributed by atoms with van der Waals surface area (Å²) < 4.78 is 0. The Labute approximate surface area is 70.8 Å². The SMILES string of the molecule is CNCc1ccc2cc[nH]c2n1. The molecule has 12 heavy (non-hydrogen) atoms. The van der Waals surface area contributed by atoms with E-state index in [0.717, 1.165) is 23.3 Å². The predicted octanol–water partition coefficient (Wildman–Crippen LogP) is 1.28. The van der Waals surface area contributed by atoms with Gasteiger partial charge in [-0.25, -0.2) is 4.98 Å². The van der Waals surface area contributed by atoms with E-state index >= 15 is 0 Å². The number of aromatic amines is 1. The van der Waals surface area contributed by atoms with Crippen LogP contribution in [0, 0.1) is 0 Å². The summed E-state index contributed by atoms with van der Waals surface area (Å²) in [5.74, 6) is 0. The number of hydrogen-bond donors (Lipinski definition) is 2. The fraction of sp³-hybridized carbons (Fsp3) is 0.222. The summed E-state index contributed by atoms with van der Waals surface area (Å²) in [5, 5.41) is 4.23. The van der Waals surface area contributed by atoms with Gasteiger partial charge in [0.05, 0.1) is 5.69 Å². The van der Waals surface area contributed by atoms with Crippen LogP contribution in [0.25, 0.3) is 11.0 Å². The summed E-state index contributed by atoms with van der Waals surface area (Å²) in [7, 11) is 1.92. The van der Waals surface area contributed by atoms with E-state index in [0.29, 0.717) is 0 Å². The Hall–Kier alpha value is -1.35. The minimum atomic E-state index is 0.814. The van der Waals surface area contributed by atoms with Gasteiger partial charge >= 0.3 is 0 Å². The van der Waals surface area contributed by atoms with Crippen molar-refractivity contribution in [2.45, 2.75) is 6.54 Å². The van der Waals surface area contributed by atoms with E-state index in [-0.39, 0.29) is 0 Å². The van der Waals surface area contributed by atoms with Crippen molar-refractivity contribution in [2.75, 3.05) is 7.05 Å². The van der Waals surface area contributed by atoms with E-state index in [2.05, 4.69) is 21.4 Å². The fourth-order valence-corrected chi connectivity index (χ4v) is 1.25. The van der Waals surface area contributed by atoms with Crippen LogP contribution in [0.2, 0.25) is 0 Å². The summed E-state index contributed by atoms with van der Waals surface area (Å²) in [6, 6.07) is 6.13. The van der Waals surface area contributed by atoms with Gasteiger partial charge in [-0.1, -0.05) is 0 Å². The average molecular weight is 161 g/mol. The van der Waals surface area contributed by atoms with Crippen LogP contribution < -0.4 is 5.32 Å². The molecule has 2 aromatic heterocycles. The summed E-state index contributed by atoms with van der Waals surface area (Å²) in [4.78, 5) is 7.49. The highest BCUT2D eigenvalue weighted by molar-refractivity contribution is 5.75. The van der Waals surface area contributed by atoms with E-state index in [1.807, 2.05) is 25.4 Å². The van der Waals surface area contributed by atoms with Gasteiger partial charge < -0.3 is 10.3 Å². The molecule has 0 aromatic carbocycles. The van der Waals surface area contributed by atoms with Crippen LogP contribution in [0.3, 0.4) is 0 Å². The van der Waals surface area contributed by atoms with Gasteiger partial charge in [0.1, 0.15) is 5.65 Å². The van der Waals surface area contributed by atoms with Gasteiger partial charge in [0.25, 0.3) is 0 Å². The van der Waals surface area contributed by atoms with Gasteiger partial charge in [0.15, 0.2) is 0 Å². The van der Waals surface area contributed by atoms with Crippen LogP contribution in [0.5, 0.6) is 0 Å². The van der Waals surface area contributed by atoms with Crippen molar-refractivity contribution >= 4 is 11.0 Å². The number of H-pyrrole nitrogens is 1. The third kappa shape index (κ3) is 1.19. The maximum atomic E-state index is 4.41. The number of rotatable bonds is 2. The molecule has 0 bridgehead atoms. The zero-order chi connectivity index (χ0) is 8.39. The van der Waals surface area contributed by atoms with Gasteiger partial charge in [0, 0.05) is 18.1 Å². The van der Waals surface area contributed by atoms with E-state index < -0.39 is 0 Å². The first-order valence-electron chi connectivity index (χ1n) is 3.98. The molecule has 0 amide bonds. The topological polar surface area (TPSA) is 40.7 Å². The van der Waals surface area contributed by atoms with Gasteiger partial charge in [-0.2, -0.15) is 0 Å².